The molecule has 1 atom stereocenters. The number of hydrogen-bond donors (Lipinski definition) is 2. The van der Waals surface area contributed by atoms with Crippen LogP contribution in [0.3, 0.4) is 0 Å². The average Bonchev–Trinajstić information content (AvgIpc) is 2.98. The number of H-pyrrole nitrogens is 1. The van der Waals surface area contributed by atoms with Gasteiger partial charge in [-0.2, -0.15) is 13.2 Å². The van der Waals surface area contributed by atoms with Gasteiger partial charge in [0.2, 0.25) is 0 Å². The van der Waals surface area contributed by atoms with Gasteiger partial charge in [0.25, 0.3) is 0 Å². The van der Waals surface area contributed by atoms with Crippen molar-refractivity contribution in [1.82, 2.24) is 15.3 Å². The molecule has 0 radical (unpaired) electrons. The summed E-state index contributed by atoms with van der Waals surface area (Å²) in [5.74, 6) is 0. The Labute approximate surface area is 143 Å². The highest BCUT2D eigenvalue weighted by Crippen LogP contribution is 2.33. The molecule has 3 nitrogen and oxygen atoms in total. The summed E-state index contributed by atoms with van der Waals surface area (Å²) in [6.45, 7) is 0.899. The van der Waals surface area contributed by atoms with Gasteiger partial charge in [-0.3, -0.25) is 4.98 Å². The lowest BCUT2D eigenvalue weighted by molar-refractivity contribution is -0.141. The van der Waals surface area contributed by atoms with Gasteiger partial charge in [0.15, 0.2) is 0 Å². The molecule has 25 heavy (non-hydrogen) atoms. The summed E-state index contributed by atoms with van der Waals surface area (Å²) >= 11 is 0. The number of aryl methyl sites for hydroxylation is 1. The highest BCUT2D eigenvalue weighted by atomic mass is 19.4. The van der Waals surface area contributed by atoms with Crippen molar-refractivity contribution in [3.8, 4) is 0 Å². The van der Waals surface area contributed by atoms with E-state index in [4.69, 9.17) is 0 Å². The number of nitrogens with one attached hydrogen (secondary N) is 2. The van der Waals surface area contributed by atoms with Crippen LogP contribution in [0.5, 0.6) is 0 Å². The number of hydrogen-bond acceptors (Lipinski definition) is 2. The van der Waals surface area contributed by atoms with Crippen molar-refractivity contribution < 1.29 is 13.2 Å². The highest BCUT2D eigenvalue weighted by molar-refractivity contribution is 5.85. The Kier molecular flexibility index (Phi) is 4.00. The van der Waals surface area contributed by atoms with Gasteiger partial charge in [0, 0.05) is 41.8 Å². The Bertz CT molecular complexity index is 881. The molecule has 6 heteroatoms. The number of benzene rings is 1. The number of alkyl halides is 3. The van der Waals surface area contributed by atoms with Crippen molar-refractivity contribution in [3.63, 3.8) is 0 Å². The van der Waals surface area contributed by atoms with Gasteiger partial charge < -0.3 is 10.3 Å². The summed E-state index contributed by atoms with van der Waals surface area (Å²) in [4.78, 5) is 7.04. The maximum absolute atomic E-state index is 12.6. The van der Waals surface area contributed by atoms with E-state index in [9.17, 15) is 13.2 Å². The third-order valence-corrected chi connectivity index (χ3v) is 4.78. The second-order valence-corrected chi connectivity index (χ2v) is 6.41. The quantitative estimate of drug-likeness (QED) is 0.739. The smallest absolute Gasteiger partial charge is 0.358 e. The van der Waals surface area contributed by atoms with Crippen molar-refractivity contribution in [1.29, 1.82) is 0 Å². The van der Waals surface area contributed by atoms with E-state index >= 15 is 0 Å². The molecule has 1 aliphatic rings. The van der Waals surface area contributed by atoms with E-state index in [0.717, 1.165) is 36.5 Å². The van der Waals surface area contributed by atoms with Gasteiger partial charge in [-0.1, -0.05) is 24.3 Å². The zero-order valence-corrected chi connectivity index (χ0v) is 13.5. The van der Waals surface area contributed by atoms with E-state index in [1.165, 1.54) is 28.9 Å². The third-order valence-electron chi connectivity index (χ3n) is 4.78. The predicted molar refractivity (Wildman–Crippen MR) is 90.3 cm³/mol. The standard InChI is InChI=1S/C19H18F3N3/c20-19(21,22)17-8-6-12(11-24-17)5-7-15-18-13-3-1-2-4-14(13)25-16(18)9-10-23-15/h1-4,6,8,11,15,23,25H,5,7,9-10H2. The lowest BCUT2D eigenvalue weighted by Crippen LogP contribution is -2.29. The average molecular weight is 345 g/mol. The maximum atomic E-state index is 12.6. The van der Waals surface area contributed by atoms with Gasteiger partial charge in [-0.25, -0.2) is 0 Å². The fourth-order valence-corrected chi connectivity index (χ4v) is 3.59. The first-order chi connectivity index (χ1) is 12.0. The number of aromatic amines is 1. The van der Waals surface area contributed by atoms with Crippen LogP contribution in [-0.4, -0.2) is 16.5 Å². The second-order valence-electron chi connectivity index (χ2n) is 6.41. The van der Waals surface area contributed by atoms with Crippen molar-refractivity contribution in [2.75, 3.05) is 6.54 Å². The Balaban J connectivity index is 1.53. The van der Waals surface area contributed by atoms with Crippen molar-refractivity contribution >= 4 is 10.9 Å². The summed E-state index contributed by atoms with van der Waals surface area (Å²) in [7, 11) is 0. The zero-order valence-electron chi connectivity index (χ0n) is 13.5. The third kappa shape index (κ3) is 3.14. The lowest BCUT2D eigenvalue weighted by Gasteiger charge is -2.25. The van der Waals surface area contributed by atoms with E-state index < -0.39 is 11.9 Å². The summed E-state index contributed by atoms with van der Waals surface area (Å²) in [5, 5.41) is 4.76. The van der Waals surface area contributed by atoms with Crippen molar-refractivity contribution in [2.24, 2.45) is 0 Å². The molecular formula is C19H18F3N3. The number of aromatic nitrogens is 2. The molecule has 0 amide bonds. The normalized spacial score (nSPS) is 17.6. The van der Waals surface area contributed by atoms with Gasteiger partial charge in [0.1, 0.15) is 5.69 Å². The zero-order chi connectivity index (χ0) is 17.4. The molecule has 1 unspecified atom stereocenters. The molecule has 0 saturated heterocycles. The van der Waals surface area contributed by atoms with Crippen LogP contribution in [0.2, 0.25) is 0 Å². The number of halogens is 3. The fourth-order valence-electron chi connectivity index (χ4n) is 3.59. The van der Waals surface area contributed by atoms with Crippen LogP contribution in [0.15, 0.2) is 42.6 Å². The highest BCUT2D eigenvalue weighted by Gasteiger charge is 2.32. The van der Waals surface area contributed by atoms with Crippen molar-refractivity contribution in [3.05, 3.63) is 65.1 Å². The van der Waals surface area contributed by atoms with Gasteiger partial charge in [0.05, 0.1) is 0 Å². The molecule has 0 spiro atoms. The minimum atomic E-state index is -4.39. The van der Waals surface area contributed by atoms with Gasteiger partial charge >= 0.3 is 6.18 Å². The van der Waals surface area contributed by atoms with Crippen LogP contribution >= 0.6 is 0 Å². The summed E-state index contributed by atoms with van der Waals surface area (Å²) in [6.07, 6.45) is -0.587. The molecule has 0 aliphatic carbocycles. The first-order valence-corrected chi connectivity index (χ1v) is 8.37. The number of para-hydroxylation sites is 1. The minimum Gasteiger partial charge on any atom is -0.358 e. The molecule has 130 valence electrons. The SMILES string of the molecule is FC(F)(F)c1ccc(CCC2NCCc3[nH]c4ccccc4c32)cn1. The first-order valence-electron chi connectivity index (χ1n) is 8.37. The Morgan fingerprint density at radius 1 is 1.12 bits per heavy atom. The maximum Gasteiger partial charge on any atom is 0.433 e. The molecule has 4 rings (SSSR count). The second kappa shape index (κ2) is 6.19. The summed E-state index contributed by atoms with van der Waals surface area (Å²) < 4.78 is 37.8. The lowest BCUT2D eigenvalue weighted by atomic mass is 9.93. The predicted octanol–water partition coefficient (Wildman–Crippen LogP) is 4.40. The minimum absolute atomic E-state index is 0.196. The van der Waals surface area contributed by atoms with E-state index in [-0.39, 0.29) is 6.04 Å². The summed E-state index contributed by atoms with van der Waals surface area (Å²) in [6, 6.07) is 11.0. The number of rotatable bonds is 3. The molecule has 2 N–H and O–H groups in total. The molecule has 3 heterocycles. The molecular weight excluding hydrogens is 327 g/mol. The van der Waals surface area contributed by atoms with Crippen LogP contribution in [0, 0.1) is 0 Å². The topological polar surface area (TPSA) is 40.7 Å². The molecule has 0 fully saturated rings. The van der Waals surface area contributed by atoms with Crippen LogP contribution in [0.25, 0.3) is 10.9 Å². The largest absolute Gasteiger partial charge is 0.433 e. The molecule has 1 aliphatic heterocycles. The number of pyridine rings is 1. The molecule has 3 aromatic rings. The molecule has 0 bridgehead atoms. The molecule has 1 aromatic carbocycles. The molecule has 0 saturated carbocycles. The Morgan fingerprint density at radius 2 is 1.96 bits per heavy atom. The van der Waals surface area contributed by atoms with Crippen LogP contribution in [-0.2, 0) is 19.0 Å². The van der Waals surface area contributed by atoms with Crippen molar-refractivity contribution in [2.45, 2.75) is 31.5 Å². The molecule has 2 aromatic heterocycles. The van der Waals surface area contributed by atoms with E-state index in [1.54, 1.807) is 0 Å². The Morgan fingerprint density at radius 3 is 2.72 bits per heavy atom. The summed E-state index contributed by atoms with van der Waals surface area (Å²) in [5.41, 5.74) is 3.67. The number of fused-ring (bicyclic) bond motifs is 3. The first kappa shape index (κ1) is 16.1. The van der Waals surface area contributed by atoms with Crippen LogP contribution in [0.1, 0.15) is 35.0 Å². The monoisotopic (exact) mass is 345 g/mol. The van der Waals surface area contributed by atoms with Gasteiger partial charge in [-0.15, -0.1) is 0 Å². The van der Waals surface area contributed by atoms with E-state index in [2.05, 4.69) is 27.4 Å². The van der Waals surface area contributed by atoms with Crippen LogP contribution in [0.4, 0.5) is 13.2 Å². The fraction of sp³-hybridized carbons (Fsp3) is 0.316. The van der Waals surface area contributed by atoms with E-state index in [1.807, 2.05) is 12.1 Å². The van der Waals surface area contributed by atoms with Gasteiger partial charge in [-0.05, 0) is 36.1 Å². The van der Waals surface area contributed by atoms with E-state index in [0.29, 0.717) is 6.42 Å². The Hall–Kier alpha value is -2.34. The number of nitrogens with zero attached hydrogens (tertiary/aromatic N) is 1. The van der Waals surface area contributed by atoms with Crippen LogP contribution < -0.4 is 5.32 Å².